The Morgan fingerprint density at radius 2 is 1.71 bits per heavy atom. The van der Waals surface area contributed by atoms with E-state index in [0.29, 0.717) is 5.69 Å². The molecule has 1 aromatic heterocycles. The summed E-state index contributed by atoms with van der Waals surface area (Å²) in [5.41, 5.74) is 5.38. The molecule has 28 heavy (non-hydrogen) atoms. The summed E-state index contributed by atoms with van der Waals surface area (Å²) in [6.07, 6.45) is 0. The van der Waals surface area contributed by atoms with Crippen LogP contribution >= 0.6 is 0 Å². The van der Waals surface area contributed by atoms with Crippen LogP contribution in [0.15, 0.2) is 59.4 Å². The summed E-state index contributed by atoms with van der Waals surface area (Å²) in [5, 5.41) is 4.52. The molecule has 5 heteroatoms. The van der Waals surface area contributed by atoms with Crippen LogP contribution < -0.4 is 10.5 Å². The number of likely N-dealkylation sites (N-methyl/N-ethyl adjacent to an activating group) is 1. The van der Waals surface area contributed by atoms with Crippen molar-refractivity contribution < 1.29 is 4.79 Å². The van der Waals surface area contributed by atoms with Gasteiger partial charge in [0.1, 0.15) is 6.04 Å². The summed E-state index contributed by atoms with van der Waals surface area (Å²) in [6.45, 7) is 7.70. The van der Waals surface area contributed by atoms with Crippen LogP contribution in [0.25, 0.3) is 11.3 Å². The van der Waals surface area contributed by atoms with E-state index in [4.69, 9.17) is 0 Å². The number of anilines is 1. The van der Waals surface area contributed by atoms with Gasteiger partial charge in [0.25, 0.3) is 11.5 Å². The lowest BCUT2D eigenvalue weighted by Gasteiger charge is -2.23. The Morgan fingerprint density at radius 3 is 2.43 bits per heavy atom. The number of carbonyl (C=O) groups excluding carboxylic acids is 1. The van der Waals surface area contributed by atoms with Crippen LogP contribution in [-0.4, -0.2) is 22.7 Å². The maximum Gasteiger partial charge on any atom is 0.267 e. The van der Waals surface area contributed by atoms with Crippen molar-refractivity contribution in [3.63, 3.8) is 0 Å². The third-order valence-electron chi connectivity index (χ3n) is 4.94. The minimum atomic E-state index is -0.719. The number of aryl methyl sites for hydroxylation is 3. The highest BCUT2D eigenvalue weighted by molar-refractivity contribution is 5.95. The number of benzene rings is 2. The molecule has 0 aliphatic heterocycles. The molecule has 1 atom stereocenters. The topological polar surface area (TPSA) is 55.2 Å². The van der Waals surface area contributed by atoms with E-state index in [1.807, 2.05) is 63.2 Å². The molecule has 0 saturated carbocycles. The molecule has 1 heterocycles. The number of hydrogen-bond acceptors (Lipinski definition) is 3. The van der Waals surface area contributed by atoms with Crippen molar-refractivity contribution in [3.05, 3.63) is 81.6 Å². The molecule has 3 aromatic rings. The summed E-state index contributed by atoms with van der Waals surface area (Å²) < 4.78 is 1.27. The molecule has 0 unspecified atom stereocenters. The lowest BCUT2D eigenvalue weighted by Crippen LogP contribution is -2.38. The maximum atomic E-state index is 13.0. The zero-order valence-electron chi connectivity index (χ0n) is 16.9. The zero-order chi connectivity index (χ0) is 20.4. The molecule has 0 bridgehead atoms. The fraction of sp³-hybridized carbons (Fsp3) is 0.261. The van der Waals surface area contributed by atoms with Gasteiger partial charge in [0.15, 0.2) is 0 Å². The Bertz CT molecular complexity index is 1090. The Morgan fingerprint density at radius 1 is 1.00 bits per heavy atom. The van der Waals surface area contributed by atoms with E-state index in [9.17, 15) is 9.59 Å². The maximum absolute atomic E-state index is 13.0. The van der Waals surface area contributed by atoms with Gasteiger partial charge in [-0.25, -0.2) is 4.68 Å². The standard InChI is InChI=1S/C23H25N3O2/c1-15-7-6-8-19(13-15)25(5)23(28)18(4)26-22(27)12-11-21(24-26)20-14-16(2)9-10-17(20)3/h6-14,18H,1-5H3/t18-/m0/s1. The van der Waals surface area contributed by atoms with Gasteiger partial charge in [-0.2, -0.15) is 5.10 Å². The summed E-state index contributed by atoms with van der Waals surface area (Å²) in [6, 6.07) is 16.3. The Hall–Kier alpha value is -3.21. The highest BCUT2D eigenvalue weighted by atomic mass is 16.2. The van der Waals surface area contributed by atoms with Gasteiger partial charge in [-0.1, -0.05) is 29.8 Å². The molecular formula is C23H25N3O2. The van der Waals surface area contributed by atoms with E-state index < -0.39 is 6.04 Å². The normalized spacial score (nSPS) is 11.9. The van der Waals surface area contributed by atoms with Crippen molar-refractivity contribution in [1.29, 1.82) is 0 Å². The van der Waals surface area contributed by atoms with Gasteiger partial charge in [0.2, 0.25) is 0 Å². The van der Waals surface area contributed by atoms with E-state index in [0.717, 1.165) is 27.9 Å². The van der Waals surface area contributed by atoms with Gasteiger partial charge in [-0.05, 0) is 63.1 Å². The van der Waals surface area contributed by atoms with Crippen LogP contribution in [0, 0.1) is 20.8 Å². The Labute approximate surface area is 165 Å². The van der Waals surface area contributed by atoms with E-state index in [-0.39, 0.29) is 11.5 Å². The second-order valence-electron chi connectivity index (χ2n) is 7.23. The molecule has 3 rings (SSSR count). The number of amides is 1. The molecular weight excluding hydrogens is 350 g/mol. The number of nitrogens with zero attached hydrogens (tertiary/aromatic N) is 3. The number of aromatic nitrogens is 2. The van der Waals surface area contributed by atoms with Gasteiger partial charge in [0, 0.05) is 24.4 Å². The van der Waals surface area contributed by atoms with Crippen LogP contribution in [-0.2, 0) is 4.79 Å². The average molecular weight is 375 g/mol. The smallest absolute Gasteiger partial charge is 0.267 e. The van der Waals surface area contributed by atoms with Crippen LogP contribution in [0.2, 0.25) is 0 Å². The monoisotopic (exact) mass is 375 g/mol. The Balaban J connectivity index is 1.97. The van der Waals surface area contributed by atoms with E-state index >= 15 is 0 Å². The fourth-order valence-corrected chi connectivity index (χ4v) is 3.21. The first-order chi connectivity index (χ1) is 13.3. The second kappa shape index (κ2) is 7.80. The Kier molecular flexibility index (Phi) is 5.45. The average Bonchev–Trinajstić information content (AvgIpc) is 2.68. The van der Waals surface area contributed by atoms with Crippen molar-refractivity contribution in [2.75, 3.05) is 11.9 Å². The predicted octanol–water partition coefficient (Wildman–Crippen LogP) is 4.06. The first kappa shape index (κ1) is 19.5. The molecule has 1 amide bonds. The number of hydrogen-bond donors (Lipinski definition) is 0. The van der Waals surface area contributed by atoms with Gasteiger partial charge in [-0.3, -0.25) is 9.59 Å². The van der Waals surface area contributed by atoms with Crippen LogP contribution in [0.1, 0.15) is 29.7 Å². The molecule has 0 fully saturated rings. The van der Waals surface area contributed by atoms with Crippen molar-refractivity contribution in [2.24, 2.45) is 0 Å². The second-order valence-corrected chi connectivity index (χ2v) is 7.23. The van der Waals surface area contributed by atoms with Crippen molar-refractivity contribution >= 4 is 11.6 Å². The molecule has 0 spiro atoms. The van der Waals surface area contributed by atoms with Crippen molar-refractivity contribution in [2.45, 2.75) is 33.7 Å². The SMILES string of the molecule is Cc1cccc(N(C)C(=O)[C@H](C)n2nc(-c3cc(C)ccc3C)ccc2=O)c1. The summed E-state index contributed by atoms with van der Waals surface area (Å²) in [5.74, 6) is -0.196. The van der Waals surface area contributed by atoms with E-state index in [1.165, 1.54) is 10.7 Å². The van der Waals surface area contributed by atoms with Crippen LogP contribution in [0.3, 0.4) is 0 Å². The first-order valence-corrected chi connectivity index (χ1v) is 9.29. The lowest BCUT2D eigenvalue weighted by atomic mass is 10.0. The van der Waals surface area contributed by atoms with Crippen molar-refractivity contribution in [3.8, 4) is 11.3 Å². The molecule has 0 aliphatic carbocycles. The third-order valence-corrected chi connectivity index (χ3v) is 4.94. The fourth-order valence-electron chi connectivity index (χ4n) is 3.21. The number of carbonyl (C=O) groups is 1. The third kappa shape index (κ3) is 3.88. The van der Waals surface area contributed by atoms with Gasteiger partial charge in [-0.15, -0.1) is 0 Å². The number of rotatable bonds is 4. The highest BCUT2D eigenvalue weighted by Crippen LogP contribution is 2.23. The van der Waals surface area contributed by atoms with Crippen LogP contribution in [0.5, 0.6) is 0 Å². The molecule has 0 N–H and O–H groups in total. The molecule has 5 nitrogen and oxygen atoms in total. The van der Waals surface area contributed by atoms with E-state index in [2.05, 4.69) is 5.10 Å². The molecule has 2 aromatic carbocycles. The van der Waals surface area contributed by atoms with Crippen molar-refractivity contribution in [1.82, 2.24) is 9.78 Å². The summed E-state index contributed by atoms with van der Waals surface area (Å²) >= 11 is 0. The highest BCUT2D eigenvalue weighted by Gasteiger charge is 2.23. The summed E-state index contributed by atoms with van der Waals surface area (Å²) in [7, 11) is 1.72. The van der Waals surface area contributed by atoms with Crippen LogP contribution in [0.4, 0.5) is 5.69 Å². The summed E-state index contributed by atoms with van der Waals surface area (Å²) in [4.78, 5) is 27.0. The molecule has 0 saturated heterocycles. The first-order valence-electron chi connectivity index (χ1n) is 9.29. The van der Waals surface area contributed by atoms with Gasteiger partial charge < -0.3 is 4.90 Å². The predicted molar refractivity (Wildman–Crippen MR) is 113 cm³/mol. The quantitative estimate of drug-likeness (QED) is 0.691. The largest absolute Gasteiger partial charge is 0.314 e. The van der Waals surface area contributed by atoms with E-state index in [1.54, 1.807) is 24.9 Å². The molecule has 0 radical (unpaired) electrons. The molecule has 0 aliphatic rings. The minimum absolute atomic E-state index is 0.196. The van der Waals surface area contributed by atoms with Gasteiger partial charge in [0.05, 0.1) is 5.69 Å². The lowest BCUT2D eigenvalue weighted by molar-refractivity contribution is -0.121. The van der Waals surface area contributed by atoms with Gasteiger partial charge >= 0.3 is 0 Å². The molecule has 144 valence electrons. The minimum Gasteiger partial charge on any atom is -0.314 e. The zero-order valence-corrected chi connectivity index (χ0v) is 16.9.